The minimum absolute atomic E-state index is 0. The Labute approximate surface area is 157 Å². The van der Waals surface area contributed by atoms with Crippen molar-refractivity contribution in [3.05, 3.63) is 47.8 Å². The molecule has 9 heteroatoms. The quantitative estimate of drug-likeness (QED) is 0.658. The summed E-state index contributed by atoms with van der Waals surface area (Å²) in [5.41, 5.74) is 1.43. The van der Waals surface area contributed by atoms with E-state index in [1.54, 1.807) is 10.9 Å². The van der Waals surface area contributed by atoms with Gasteiger partial charge in [0.2, 0.25) is 0 Å². The van der Waals surface area contributed by atoms with Crippen molar-refractivity contribution in [2.45, 2.75) is 13.2 Å². The van der Waals surface area contributed by atoms with Crippen molar-refractivity contribution in [3.63, 3.8) is 0 Å². The van der Waals surface area contributed by atoms with Crippen LogP contribution in [0.5, 0.6) is 0 Å². The Kier molecular flexibility index (Phi) is 7.41. The van der Waals surface area contributed by atoms with E-state index in [1.165, 1.54) is 0 Å². The Bertz CT molecular complexity index is 521. The van der Waals surface area contributed by atoms with Gasteiger partial charge in [-0.2, -0.15) is 0 Å². The maximum Gasteiger partial charge on any atom is 1.00 e. The van der Waals surface area contributed by atoms with Gasteiger partial charge in [-0.1, -0.05) is 35.5 Å². The fourth-order valence-corrected chi connectivity index (χ4v) is 1.55. The van der Waals surface area contributed by atoms with E-state index in [-0.39, 0.29) is 58.0 Å². The molecule has 0 amide bonds. The monoisotopic (exact) mass is 309 g/mol. The molecule has 0 fully saturated rings. The van der Waals surface area contributed by atoms with Crippen molar-refractivity contribution in [2.24, 2.45) is 0 Å². The van der Waals surface area contributed by atoms with E-state index in [2.05, 4.69) is 15.0 Å². The normalized spacial score (nSPS) is 11.2. The van der Waals surface area contributed by atoms with Crippen molar-refractivity contribution in [2.75, 3.05) is 6.51 Å². The van der Waals surface area contributed by atoms with Crippen LogP contribution in [0.25, 0.3) is 0 Å². The van der Waals surface area contributed by atoms with Gasteiger partial charge in [0.25, 0.3) is 0 Å². The Morgan fingerprint density at radius 3 is 2.50 bits per heavy atom. The van der Waals surface area contributed by atoms with Gasteiger partial charge in [0.05, 0.1) is 19.3 Å². The predicted molar refractivity (Wildman–Crippen MR) is 64.3 cm³/mol. The van der Waals surface area contributed by atoms with Crippen LogP contribution in [0, 0.1) is 0 Å². The Morgan fingerprint density at radius 2 is 1.85 bits per heavy atom. The van der Waals surface area contributed by atoms with Crippen LogP contribution in [0.3, 0.4) is 0 Å². The molecule has 0 bridgehead atoms. The third kappa shape index (κ3) is 6.51. The van der Waals surface area contributed by atoms with Gasteiger partial charge in [0.15, 0.2) is 0 Å². The van der Waals surface area contributed by atoms with E-state index in [4.69, 9.17) is 0 Å². The zero-order valence-corrected chi connectivity index (χ0v) is 14.2. The van der Waals surface area contributed by atoms with Gasteiger partial charge >= 0.3 is 58.4 Å². The molecular weight excluding hydrogens is 297 g/mol. The van der Waals surface area contributed by atoms with E-state index < -0.39 is 13.5 Å². The van der Waals surface area contributed by atoms with Crippen LogP contribution in [0.15, 0.2) is 36.5 Å². The van der Waals surface area contributed by atoms with Gasteiger partial charge in [0, 0.05) is 6.51 Å². The summed E-state index contributed by atoms with van der Waals surface area (Å²) < 4.78 is 41.9. The van der Waals surface area contributed by atoms with Crippen molar-refractivity contribution in [1.29, 1.82) is 0 Å². The number of rotatable bonds is 6. The van der Waals surface area contributed by atoms with Crippen LogP contribution < -0.4 is 51.4 Å². The average molecular weight is 309 g/mol. The standard InChI is InChI=1S/C11H12BF3N3O.K/c13-12(14,15)9-19-8-11-7-18(17-16-11)6-10-4-2-1-3-5-10;/h1-5,7H,6,8-9H2;/q-1;+1. The van der Waals surface area contributed by atoms with Gasteiger partial charge in [-0.25, -0.2) is 4.68 Å². The maximum atomic E-state index is 11.9. The molecule has 1 heterocycles. The fourth-order valence-electron chi connectivity index (χ4n) is 1.55. The number of hydrogen-bond donors (Lipinski definition) is 0. The number of halogens is 3. The molecule has 2 aromatic rings. The van der Waals surface area contributed by atoms with E-state index in [0.29, 0.717) is 12.2 Å². The Morgan fingerprint density at radius 1 is 1.15 bits per heavy atom. The van der Waals surface area contributed by atoms with Gasteiger partial charge in [0.1, 0.15) is 5.69 Å². The van der Waals surface area contributed by atoms with Crippen LogP contribution >= 0.6 is 0 Å². The molecule has 20 heavy (non-hydrogen) atoms. The Hall–Kier alpha value is -0.189. The van der Waals surface area contributed by atoms with E-state index in [9.17, 15) is 12.9 Å². The fraction of sp³-hybridized carbons (Fsp3) is 0.273. The van der Waals surface area contributed by atoms with E-state index in [1.807, 2.05) is 30.3 Å². The third-order valence-corrected chi connectivity index (χ3v) is 2.33. The topological polar surface area (TPSA) is 39.9 Å². The molecule has 4 nitrogen and oxygen atoms in total. The Balaban J connectivity index is 0.00000200. The maximum absolute atomic E-state index is 11.9. The molecule has 0 saturated heterocycles. The minimum atomic E-state index is -4.91. The summed E-state index contributed by atoms with van der Waals surface area (Å²) in [6.45, 7) is -5.79. The molecule has 0 atom stereocenters. The SMILES string of the molecule is F[B-](F)(F)COCc1cn(Cc2ccccc2)nn1.[K+]. The van der Waals surface area contributed by atoms with E-state index >= 15 is 0 Å². The summed E-state index contributed by atoms with van der Waals surface area (Å²) in [4.78, 5) is 0. The number of nitrogens with zero attached hydrogens (tertiary/aromatic N) is 3. The molecule has 2 rings (SSSR count). The molecule has 0 unspecified atom stereocenters. The molecule has 0 aliphatic heterocycles. The van der Waals surface area contributed by atoms with Gasteiger partial charge < -0.3 is 17.7 Å². The second-order valence-electron chi connectivity index (χ2n) is 4.12. The molecule has 0 aliphatic rings. The van der Waals surface area contributed by atoms with Crippen molar-refractivity contribution >= 4 is 6.98 Å². The van der Waals surface area contributed by atoms with Gasteiger partial charge in [-0.3, -0.25) is 0 Å². The molecule has 0 radical (unpaired) electrons. The first-order valence-corrected chi connectivity index (χ1v) is 5.74. The largest absolute Gasteiger partial charge is 1.00 e. The average Bonchev–Trinajstić information content (AvgIpc) is 2.76. The van der Waals surface area contributed by atoms with Crippen LogP contribution in [-0.2, 0) is 17.9 Å². The summed E-state index contributed by atoms with van der Waals surface area (Å²) in [7, 11) is 0. The first-order valence-electron chi connectivity index (χ1n) is 5.74. The van der Waals surface area contributed by atoms with Crippen LogP contribution in [-0.4, -0.2) is 28.5 Å². The summed E-state index contributed by atoms with van der Waals surface area (Å²) in [5, 5.41) is 7.60. The molecule has 102 valence electrons. The number of benzene rings is 1. The molecule has 1 aromatic carbocycles. The van der Waals surface area contributed by atoms with Gasteiger partial charge in [-0.15, -0.1) is 5.10 Å². The second kappa shape index (κ2) is 8.30. The van der Waals surface area contributed by atoms with Crippen LogP contribution in [0.1, 0.15) is 11.3 Å². The molecule has 0 N–H and O–H groups in total. The van der Waals surface area contributed by atoms with Crippen molar-refractivity contribution in [1.82, 2.24) is 15.0 Å². The number of aromatic nitrogens is 3. The van der Waals surface area contributed by atoms with Crippen molar-refractivity contribution in [3.8, 4) is 0 Å². The summed E-state index contributed by atoms with van der Waals surface area (Å²) in [6.07, 6.45) is 1.58. The molecular formula is C11H12BF3KN3O. The molecule has 0 aliphatic carbocycles. The zero-order valence-electron chi connectivity index (χ0n) is 11.0. The molecule has 0 spiro atoms. The zero-order chi connectivity index (χ0) is 13.7. The van der Waals surface area contributed by atoms with Gasteiger partial charge in [-0.05, 0) is 5.56 Å². The van der Waals surface area contributed by atoms with Crippen LogP contribution in [0.4, 0.5) is 12.9 Å². The molecule has 0 saturated carbocycles. The minimum Gasteiger partial charge on any atom is -0.447 e. The second-order valence-corrected chi connectivity index (χ2v) is 4.12. The first-order chi connectivity index (χ1) is 9.03. The smallest absolute Gasteiger partial charge is 0.447 e. The third-order valence-electron chi connectivity index (χ3n) is 2.33. The van der Waals surface area contributed by atoms with Crippen LogP contribution in [0.2, 0.25) is 0 Å². The van der Waals surface area contributed by atoms with E-state index in [0.717, 1.165) is 5.56 Å². The first kappa shape index (κ1) is 17.9. The van der Waals surface area contributed by atoms with Crippen molar-refractivity contribution < 1.29 is 69.1 Å². The molecule has 1 aromatic heterocycles. The summed E-state index contributed by atoms with van der Waals surface area (Å²) >= 11 is 0. The number of ether oxygens (including phenoxy) is 1. The predicted octanol–water partition coefficient (Wildman–Crippen LogP) is -0.766. The summed E-state index contributed by atoms with van der Waals surface area (Å²) in [6, 6.07) is 9.58. The number of hydrogen-bond acceptors (Lipinski definition) is 3. The summed E-state index contributed by atoms with van der Waals surface area (Å²) in [5.74, 6) is 0.